The van der Waals surface area contributed by atoms with Crippen LogP contribution in [0.15, 0.2) is 18.2 Å². The Bertz CT molecular complexity index is 286. The van der Waals surface area contributed by atoms with Crippen LogP contribution in [0, 0.1) is 17.6 Å². The van der Waals surface area contributed by atoms with Crippen LogP contribution in [0.5, 0.6) is 0 Å². The van der Waals surface area contributed by atoms with Gasteiger partial charge in [0.15, 0.2) is 0 Å². The minimum atomic E-state index is -0.402. The molecule has 1 aromatic carbocycles. The average Bonchev–Trinajstić information content (AvgIpc) is 2.11. The van der Waals surface area contributed by atoms with E-state index in [0.29, 0.717) is 18.5 Å². The first-order valence-electron chi connectivity index (χ1n) is 4.27. The van der Waals surface area contributed by atoms with Crippen molar-refractivity contribution < 1.29 is 8.78 Å². The van der Waals surface area contributed by atoms with Crippen LogP contribution in [0.1, 0.15) is 12.5 Å². The van der Waals surface area contributed by atoms with Gasteiger partial charge in [-0.15, -0.1) is 0 Å². The van der Waals surface area contributed by atoms with Crippen molar-refractivity contribution in [2.75, 3.05) is 6.54 Å². The predicted octanol–water partition coefficient (Wildman–Crippen LogP) is 2.10. The molecule has 2 N–H and O–H groups in total. The van der Waals surface area contributed by atoms with Crippen LogP contribution in [0.4, 0.5) is 8.78 Å². The van der Waals surface area contributed by atoms with Gasteiger partial charge in [0.25, 0.3) is 0 Å². The molecule has 0 spiro atoms. The normalized spacial score (nSPS) is 12.9. The second-order valence-electron chi connectivity index (χ2n) is 3.28. The molecule has 72 valence electrons. The molecule has 0 aromatic heterocycles. The van der Waals surface area contributed by atoms with Gasteiger partial charge in [0.1, 0.15) is 11.6 Å². The summed E-state index contributed by atoms with van der Waals surface area (Å²) in [6.45, 7) is 2.39. The standard InChI is InChI=1S/C10H13F2N/c1-7(6-13)4-8-5-9(11)2-3-10(8)12/h2-3,5,7H,4,6,13H2,1H3/t7-/m0/s1. The summed E-state index contributed by atoms with van der Waals surface area (Å²) in [5.41, 5.74) is 5.79. The topological polar surface area (TPSA) is 26.0 Å². The molecular formula is C10H13F2N. The summed E-state index contributed by atoms with van der Waals surface area (Å²) < 4.78 is 25.8. The molecule has 0 fully saturated rings. The summed E-state index contributed by atoms with van der Waals surface area (Å²) in [4.78, 5) is 0. The first-order valence-corrected chi connectivity index (χ1v) is 4.27. The van der Waals surface area contributed by atoms with Crippen molar-refractivity contribution in [1.82, 2.24) is 0 Å². The lowest BCUT2D eigenvalue weighted by Gasteiger charge is -2.08. The monoisotopic (exact) mass is 185 g/mol. The Balaban J connectivity index is 2.81. The molecule has 13 heavy (non-hydrogen) atoms. The number of hydrogen-bond donors (Lipinski definition) is 1. The third-order valence-corrected chi connectivity index (χ3v) is 1.98. The Kier molecular flexibility index (Phi) is 3.37. The molecule has 1 aromatic rings. The number of hydrogen-bond acceptors (Lipinski definition) is 1. The first kappa shape index (κ1) is 10.1. The number of nitrogens with two attached hydrogens (primary N) is 1. The van der Waals surface area contributed by atoms with E-state index in [9.17, 15) is 8.78 Å². The maximum absolute atomic E-state index is 13.1. The van der Waals surface area contributed by atoms with Crippen molar-refractivity contribution in [3.8, 4) is 0 Å². The van der Waals surface area contributed by atoms with Gasteiger partial charge in [-0.3, -0.25) is 0 Å². The zero-order valence-corrected chi connectivity index (χ0v) is 7.56. The summed E-state index contributed by atoms with van der Waals surface area (Å²) in [6, 6.07) is 3.49. The maximum Gasteiger partial charge on any atom is 0.126 e. The molecule has 1 nitrogen and oxygen atoms in total. The van der Waals surface area contributed by atoms with Crippen molar-refractivity contribution in [3.05, 3.63) is 35.4 Å². The molecule has 3 heteroatoms. The molecule has 0 saturated heterocycles. The van der Waals surface area contributed by atoms with Crippen LogP contribution in [-0.2, 0) is 6.42 Å². The number of rotatable bonds is 3. The zero-order valence-electron chi connectivity index (χ0n) is 7.56. The predicted molar refractivity (Wildman–Crippen MR) is 48.3 cm³/mol. The number of benzene rings is 1. The summed E-state index contributed by atoms with van der Waals surface area (Å²) in [5, 5.41) is 0. The third-order valence-electron chi connectivity index (χ3n) is 1.98. The molecule has 1 atom stereocenters. The Morgan fingerprint density at radius 3 is 2.69 bits per heavy atom. The van der Waals surface area contributed by atoms with Gasteiger partial charge in [-0.25, -0.2) is 8.78 Å². The summed E-state index contributed by atoms with van der Waals surface area (Å²) in [6.07, 6.45) is 0.486. The smallest absolute Gasteiger partial charge is 0.126 e. The van der Waals surface area contributed by atoms with Crippen molar-refractivity contribution in [2.24, 2.45) is 11.7 Å². The van der Waals surface area contributed by atoms with Crippen LogP contribution in [0.3, 0.4) is 0 Å². The minimum absolute atomic E-state index is 0.177. The van der Waals surface area contributed by atoms with Crippen LogP contribution < -0.4 is 5.73 Å². The lowest BCUT2D eigenvalue weighted by molar-refractivity contribution is 0.541. The van der Waals surface area contributed by atoms with E-state index in [1.54, 1.807) is 0 Å². The molecule has 0 aliphatic rings. The fourth-order valence-electron chi connectivity index (χ4n) is 1.16. The highest BCUT2D eigenvalue weighted by molar-refractivity contribution is 5.19. The highest BCUT2D eigenvalue weighted by Crippen LogP contribution is 2.13. The van der Waals surface area contributed by atoms with Crippen molar-refractivity contribution >= 4 is 0 Å². The third kappa shape index (κ3) is 2.77. The molecule has 0 radical (unpaired) electrons. The van der Waals surface area contributed by atoms with Gasteiger partial charge >= 0.3 is 0 Å². The average molecular weight is 185 g/mol. The Morgan fingerprint density at radius 1 is 1.38 bits per heavy atom. The number of halogens is 2. The second kappa shape index (κ2) is 4.33. The molecule has 0 bridgehead atoms. The van der Waals surface area contributed by atoms with Crippen molar-refractivity contribution in [1.29, 1.82) is 0 Å². The molecule has 0 saturated carbocycles. The maximum atomic E-state index is 13.1. The summed E-state index contributed by atoms with van der Waals surface area (Å²) in [5.74, 6) is -0.585. The molecular weight excluding hydrogens is 172 g/mol. The van der Waals surface area contributed by atoms with Crippen molar-refractivity contribution in [2.45, 2.75) is 13.3 Å². The molecule has 0 heterocycles. The Hall–Kier alpha value is -0.960. The molecule has 0 amide bonds. The van der Waals surface area contributed by atoms with Gasteiger partial charge < -0.3 is 5.73 Å². The van der Waals surface area contributed by atoms with Gasteiger partial charge in [-0.2, -0.15) is 0 Å². The van der Waals surface area contributed by atoms with Crippen LogP contribution >= 0.6 is 0 Å². The SMILES string of the molecule is C[C@H](CN)Cc1cc(F)ccc1F. The van der Waals surface area contributed by atoms with E-state index < -0.39 is 5.82 Å². The van der Waals surface area contributed by atoms with Gasteiger partial charge in [0.05, 0.1) is 0 Å². The summed E-state index contributed by atoms with van der Waals surface area (Å²) in [7, 11) is 0. The highest BCUT2D eigenvalue weighted by Gasteiger charge is 2.07. The largest absolute Gasteiger partial charge is 0.330 e. The quantitative estimate of drug-likeness (QED) is 0.766. The van der Waals surface area contributed by atoms with E-state index in [1.165, 1.54) is 6.07 Å². The van der Waals surface area contributed by atoms with Gasteiger partial charge in [-0.05, 0) is 42.6 Å². The van der Waals surface area contributed by atoms with Crippen LogP contribution in [0.25, 0.3) is 0 Å². The van der Waals surface area contributed by atoms with Gasteiger partial charge in [0.2, 0.25) is 0 Å². The molecule has 1 rings (SSSR count). The van der Waals surface area contributed by atoms with Gasteiger partial charge in [0, 0.05) is 0 Å². The Labute approximate surface area is 76.6 Å². The van der Waals surface area contributed by atoms with Gasteiger partial charge in [-0.1, -0.05) is 6.92 Å². The van der Waals surface area contributed by atoms with Crippen molar-refractivity contribution in [3.63, 3.8) is 0 Å². The molecule has 0 aliphatic carbocycles. The van der Waals surface area contributed by atoms with E-state index >= 15 is 0 Å². The van der Waals surface area contributed by atoms with E-state index in [4.69, 9.17) is 5.73 Å². The van der Waals surface area contributed by atoms with Crippen LogP contribution in [-0.4, -0.2) is 6.54 Å². The zero-order chi connectivity index (χ0) is 9.84. The minimum Gasteiger partial charge on any atom is -0.330 e. The summed E-state index contributed by atoms with van der Waals surface area (Å²) >= 11 is 0. The molecule has 0 unspecified atom stereocenters. The van der Waals surface area contributed by atoms with E-state index in [1.807, 2.05) is 6.92 Å². The fraction of sp³-hybridized carbons (Fsp3) is 0.400. The Morgan fingerprint density at radius 2 is 2.08 bits per heavy atom. The first-order chi connectivity index (χ1) is 6.13. The van der Waals surface area contributed by atoms with E-state index in [-0.39, 0.29) is 11.7 Å². The van der Waals surface area contributed by atoms with Crippen LogP contribution in [0.2, 0.25) is 0 Å². The lowest BCUT2D eigenvalue weighted by Crippen LogP contribution is -2.13. The van der Waals surface area contributed by atoms with E-state index in [2.05, 4.69) is 0 Å². The highest BCUT2D eigenvalue weighted by atomic mass is 19.1. The molecule has 0 aliphatic heterocycles. The second-order valence-corrected chi connectivity index (χ2v) is 3.28. The fourth-order valence-corrected chi connectivity index (χ4v) is 1.16. The lowest BCUT2D eigenvalue weighted by atomic mass is 10.0. The van der Waals surface area contributed by atoms with E-state index in [0.717, 1.165) is 12.1 Å².